The van der Waals surface area contributed by atoms with E-state index in [-0.39, 0.29) is 0 Å². The highest BCUT2D eigenvalue weighted by molar-refractivity contribution is 6.30. The van der Waals surface area contributed by atoms with Crippen LogP contribution < -0.4 is 0 Å². The van der Waals surface area contributed by atoms with Crippen LogP contribution >= 0.6 is 11.6 Å². The molecule has 1 fully saturated rings. The molecule has 0 aliphatic carbocycles. The summed E-state index contributed by atoms with van der Waals surface area (Å²) in [5.74, 6) is 0. The summed E-state index contributed by atoms with van der Waals surface area (Å²) in [6, 6.07) is 15.9. The number of aliphatic hydroxyl groups excluding tert-OH is 1. The minimum Gasteiger partial charge on any atom is -0.387 e. The highest BCUT2D eigenvalue weighted by Gasteiger charge is 2.15. The maximum atomic E-state index is 10.4. The number of β-amino-alcohol motifs (C(OH)–C–C–N with tert-alkyl or cyclic N) is 1. The first kappa shape index (κ1) is 17.2. The quantitative estimate of drug-likeness (QED) is 0.771. The Morgan fingerprint density at radius 1 is 0.875 bits per heavy atom. The maximum Gasteiger partial charge on any atom is 0.0916 e. The molecule has 0 bridgehead atoms. The van der Waals surface area contributed by atoms with Crippen molar-refractivity contribution in [2.45, 2.75) is 25.4 Å². The zero-order chi connectivity index (χ0) is 16.8. The smallest absolute Gasteiger partial charge is 0.0916 e. The Kier molecular flexibility index (Phi) is 6.08. The van der Waals surface area contributed by atoms with Gasteiger partial charge in [-0.1, -0.05) is 66.6 Å². The van der Waals surface area contributed by atoms with Gasteiger partial charge < -0.3 is 10.0 Å². The molecule has 0 spiro atoms. The molecular formula is C21H24ClNO. The van der Waals surface area contributed by atoms with Crippen LogP contribution in [0.15, 0.2) is 48.5 Å². The van der Waals surface area contributed by atoms with E-state index in [1.54, 1.807) is 0 Å². The second kappa shape index (κ2) is 8.48. The zero-order valence-electron chi connectivity index (χ0n) is 13.9. The third-order valence-electron chi connectivity index (χ3n) is 4.54. The van der Waals surface area contributed by atoms with E-state index in [0.29, 0.717) is 0 Å². The fraction of sp³-hybridized carbons (Fsp3) is 0.333. The zero-order valence-corrected chi connectivity index (χ0v) is 14.6. The summed E-state index contributed by atoms with van der Waals surface area (Å²) in [6.45, 7) is 2.96. The largest absolute Gasteiger partial charge is 0.387 e. The van der Waals surface area contributed by atoms with Crippen molar-refractivity contribution in [3.63, 3.8) is 0 Å². The van der Waals surface area contributed by atoms with E-state index in [9.17, 15) is 5.11 Å². The van der Waals surface area contributed by atoms with Crippen molar-refractivity contribution < 1.29 is 5.11 Å². The van der Waals surface area contributed by atoms with E-state index < -0.39 is 6.10 Å². The molecule has 126 valence electrons. The summed E-state index contributed by atoms with van der Waals surface area (Å²) in [7, 11) is 0. The van der Waals surface area contributed by atoms with Gasteiger partial charge in [0, 0.05) is 11.6 Å². The molecule has 0 aromatic heterocycles. The van der Waals surface area contributed by atoms with Crippen LogP contribution in [0.3, 0.4) is 0 Å². The molecule has 2 aromatic rings. The van der Waals surface area contributed by atoms with E-state index in [0.717, 1.165) is 41.3 Å². The van der Waals surface area contributed by atoms with Crippen molar-refractivity contribution >= 4 is 23.8 Å². The molecule has 3 heteroatoms. The van der Waals surface area contributed by atoms with E-state index in [1.807, 2.05) is 36.4 Å². The van der Waals surface area contributed by atoms with Gasteiger partial charge in [-0.05, 0) is 54.8 Å². The molecular weight excluding hydrogens is 318 g/mol. The number of benzene rings is 2. The van der Waals surface area contributed by atoms with Gasteiger partial charge in [-0.3, -0.25) is 0 Å². The Bertz CT molecular complexity index is 657. The monoisotopic (exact) mass is 341 g/mol. The van der Waals surface area contributed by atoms with Gasteiger partial charge in [0.1, 0.15) is 0 Å². The van der Waals surface area contributed by atoms with Gasteiger partial charge in [-0.15, -0.1) is 0 Å². The predicted octanol–water partition coefficient (Wildman–Crippen LogP) is 5.03. The van der Waals surface area contributed by atoms with Crippen LogP contribution in [0.4, 0.5) is 0 Å². The minimum absolute atomic E-state index is 0.405. The van der Waals surface area contributed by atoms with Gasteiger partial charge in [0.2, 0.25) is 0 Å². The fourth-order valence-corrected chi connectivity index (χ4v) is 3.21. The van der Waals surface area contributed by atoms with E-state index in [4.69, 9.17) is 11.6 Å². The number of halogens is 1. The second-order valence-electron chi connectivity index (χ2n) is 6.43. The average Bonchev–Trinajstić information content (AvgIpc) is 2.62. The lowest BCUT2D eigenvalue weighted by atomic mass is 10.0. The Labute approximate surface area is 149 Å². The molecule has 24 heavy (non-hydrogen) atoms. The normalized spacial score (nSPS) is 17.2. The first-order valence-corrected chi connectivity index (χ1v) is 9.02. The molecule has 0 unspecified atom stereocenters. The number of piperidine rings is 1. The highest BCUT2D eigenvalue weighted by Crippen LogP contribution is 2.19. The maximum absolute atomic E-state index is 10.4. The van der Waals surface area contributed by atoms with Crippen molar-refractivity contribution in [3.8, 4) is 0 Å². The summed E-state index contributed by atoms with van der Waals surface area (Å²) < 4.78 is 0. The molecule has 1 aliphatic rings. The molecule has 1 N–H and O–H groups in total. The van der Waals surface area contributed by atoms with E-state index in [1.165, 1.54) is 19.3 Å². The fourth-order valence-electron chi connectivity index (χ4n) is 3.09. The summed E-state index contributed by atoms with van der Waals surface area (Å²) >= 11 is 5.89. The second-order valence-corrected chi connectivity index (χ2v) is 6.87. The number of rotatable bonds is 5. The van der Waals surface area contributed by atoms with Crippen molar-refractivity contribution in [1.82, 2.24) is 4.90 Å². The number of hydrogen-bond donors (Lipinski definition) is 1. The molecule has 2 aromatic carbocycles. The molecule has 2 nitrogen and oxygen atoms in total. The summed E-state index contributed by atoms with van der Waals surface area (Å²) in [5.41, 5.74) is 3.23. The van der Waals surface area contributed by atoms with Gasteiger partial charge in [0.15, 0.2) is 0 Å². The topological polar surface area (TPSA) is 23.5 Å². The third kappa shape index (κ3) is 4.94. The Morgan fingerprint density at radius 3 is 2.00 bits per heavy atom. The van der Waals surface area contributed by atoms with Crippen LogP contribution in [0, 0.1) is 0 Å². The SMILES string of the molecule is O[C@@H](CN1CCCCC1)c1ccc(/C=C/c2ccc(Cl)cc2)cc1. The van der Waals surface area contributed by atoms with Gasteiger partial charge in [-0.25, -0.2) is 0 Å². The minimum atomic E-state index is -0.405. The first-order valence-electron chi connectivity index (χ1n) is 8.65. The molecule has 1 atom stereocenters. The molecule has 1 heterocycles. The third-order valence-corrected chi connectivity index (χ3v) is 4.79. The summed E-state index contributed by atoms with van der Waals surface area (Å²) in [4.78, 5) is 2.36. The molecule has 3 rings (SSSR count). The van der Waals surface area contributed by atoms with Crippen LogP contribution in [0.1, 0.15) is 42.1 Å². The van der Waals surface area contributed by atoms with Crippen LogP contribution in [-0.2, 0) is 0 Å². The Morgan fingerprint density at radius 2 is 1.42 bits per heavy atom. The average molecular weight is 342 g/mol. The molecule has 1 aliphatic heterocycles. The number of hydrogen-bond acceptors (Lipinski definition) is 2. The van der Waals surface area contributed by atoms with E-state index in [2.05, 4.69) is 29.2 Å². The Hall–Kier alpha value is -1.61. The lowest BCUT2D eigenvalue weighted by Gasteiger charge is -2.28. The van der Waals surface area contributed by atoms with Gasteiger partial charge in [-0.2, -0.15) is 0 Å². The van der Waals surface area contributed by atoms with E-state index >= 15 is 0 Å². The number of aliphatic hydroxyl groups is 1. The van der Waals surface area contributed by atoms with Crippen molar-refractivity contribution in [2.24, 2.45) is 0 Å². The standard InChI is InChI=1S/C21H24ClNO/c22-20-12-8-18(9-13-20)5-4-17-6-10-19(11-7-17)21(24)16-23-14-2-1-3-15-23/h4-13,21,24H,1-3,14-16H2/b5-4+/t21-/m0/s1. The van der Waals surface area contributed by atoms with Gasteiger partial charge >= 0.3 is 0 Å². The van der Waals surface area contributed by atoms with Crippen LogP contribution in [0.25, 0.3) is 12.2 Å². The Balaban J connectivity index is 1.59. The summed E-state index contributed by atoms with van der Waals surface area (Å²) in [5, 5.41) is 11.2. The van der Waals surface area contributed by atoms with Crippen molar-refractivity contribution in [2.75, 3.05) is 19.6 Å². The molecule has 0 amide bonds. The summed E-state index contributed by atoms with van der Waals surface area (Å²) in [6.07, 6.45) is 7.56. The number of nitrogens with zero attached hydrogens (tertiary/aromatic N) is 1. The van der Waals surface area contributed by atoms with Crippen LogP contribution in [-0.4, -0.2) is 29.6 Å². The molecule has 0 radical (unpaired) electrons. The van der Waals surface area contributed by atoms with Gasteiger partial charge in [0.05, 0.1) is 6.10 Å². The van der Waals surface area contributed by atoms with Gasteiger partial charge in [0.25, 0.3) is 0 Å². The highest BCUT2D eigenvalue weighted by atomic mass is 35.5. The van der Waals surface area contributed by atoms with Crippen LogP contribution in [0.2, 0.25) is 5.02 Å². The lowest BCUT2D eigenvalue weighted by molar-refractivity contribution is 0.101. The lowest BCUT2D eigenvalue weighted by Crippen LogP contribution is -2.33. The number of likely N-dealkylation sites (tertiary alicyclic amines) is 1. The van der Waals surface area contributed by atoms with Crippen LogP contribution in [0.5, 0.6) is 0 Å². The van der Waals surface area contributed by atoms with Crippen molar-refractivity contribution in [1.29, 1.82) is 0 Å². The van der Waals surface area contributed by atoms with Crippen molar-refractivity contribution in [3.05, 3.63) is 70.2 Å². The predicted molar refractivity (Wildman–Crippen MR) is 102 cm³/mol. The molecule has 0 saturated carbocycles. The first-order chi connectivity index (χ1) is 11.7. The molecule has 1 saturated heterocycles.